The normalized spacial score (nSPS) is 15.6. The van der Waals surface area contributed by atoms with Gasteiger partial charge < -0.3 is 15.2 Å². The van der Waals surface area contributed by atoms with Gasteiger partial charge in [0.25, 0.3) is 0 Å². The number of anilines is 1. The van der Waals surface area contributed by atoms with E-state index in [0.717, 1.165) is 43.4 Å². The number of carbonyl (C=O) groups excluding carboxylic acids is 2. The number of ether oxygens (including phenoxy) is 1. The molecule has 2 rings (SSSR count). The Hall–Kier alpha value is -2.37. The minimum Gasteiger partial charge on any atom is -0.481 e. The van der Waals surface area contributed by atoms with Gasteiger partial charge in [-0.2, -0.15) is 0 Å². The van der Waals surface area contributed by atoms with E-state index in [1.165, 1.54) is 0 Å². The van der Waals surface area contributed by atoms with E-state index in [0.29, 0.717) is 6.42 Å². The maximum Gasteiger partial charge on any atom is 0.325 e. The van der Waals surface area contributed by atoms with Gasteiger partial charge in [0.2, 0.25) is 0 Å². The van der Waals surface area contributed by atoms with Crippen LogP contribution in [0.15, 0.2) is 24.3 Å². The number of hydrogen-bond donors (Lipinski definition) is 2. The van der Waals surface area contributed by atoms with Gasteiger partial charge in [-0.05, 0) is 43.2 Å². The molecule has 0 bridgehead atoms. The fraction of sp³-hybridized carbons (Fsp3) is 0.545. The van der Waals surface area contributed by atoms with Crippen molar-refractivity contribution in [1.82, 2.24) is 0 Å². The highest BCUT2D eigenvalue weighted by Crippen LogP contribution is 2.42. The number of esters is 1. The first-order valence-corrected chi connectivity index (χ1v) is 9.94. The Balaban J connectivity index is 1.73. The molecular weight excluding hydrogens is 358 g/mol. The number of rotatable bonds is 11. The van der Waals surface area contributed by atoms with E-state index in [1.54, 1.807) is 0 Å². The van der Waals surface area contributed by atoms with Crippen molar-refractivity contribution in [3.63, 3.8) is 0 Å². The lowest BCUT2D eigenvalue weighted by Crippen LogP contribution is -2.30. The number of para-hydroxylation sites is 1. The summed E-state index contributed by atoms with van der Waals surface area (Å²) in [5.74, 6) is -1.31. The predicted molar refractivity (Wildman–Crippen MR) is 107 cm³/mol. The van der Waals surface area contributed by atoms with Gasteiger partial charge in [0.05, 0.1) is 13.0 Å². The van der Waals surface area contributed by atoms with Crippen molar-refractivity contribution in [2.24, 2.45) is 5.41 Å². The highest BCUT2D eigenvalue weighted by atomic mass is 16.5. The van der Waals surface area contributed by atoms with Gasteiger partial charge >= 0.3 is 11.9 Å². The summed E-state index contributed by atoms with van der Waals surface area (Å²) in [5.41, 5.74) is 1.44. The number of nitrogens with one attached hydrogen (secondary N) is 1. The molecule has 0 saturated heterocycles. The number of carboxylic acids is 1. The number of aliphatic carboxylic acids is 1. The van der Waals surface area contributed by atoms with E-state index >= 15 is 0 Å². The predicted octanol–water partition coefficient (Wildman–Crippen LogP) is 3.79. The van der Waals surface area contributed by atoms with Crippen LogP contribution in [0.5, 0.6) is 0 Å². The summed E-state index contributed by atoms with van der Waals surface area (Å²) < 4.78 is 5.16. The van der Waals surface area contributed by atoms with E-state index in [-0.39, 0.29) is 38.2 Å². The minimum absolute atomic E-state index is 0.0220. The van der Waals surface area contributed by atoms with Crippen LogP contribution >= 0.6 is 0 Å². The zero-order chi connectivity index (χ0) is 20.4. The summed E-state index contributed by atoms with van der Waals surface area (Å²) in [6, 6.07) is 7.61. The van der Waals surface area contributed by atoms with Crippen molar-refractivity contribution in [2.75, 3.05) is 18.5 Å². The molecule has 1 aliphatic carbocycles. The Labute approximate surface area is 166 Å². The van der Waals surface area contributed by atoms with Crippen molar-refractivity contribution in [2.45, 2.75) is 57.8 Å². The van der Waals surface area contributed by atoms with Crippen LogP contribution in [-0.2, 0) is 25.5 Å². The number of benzene rings is 1. The van der Waals surface area contributed by atoms with E-state index < -0.39 is 17.4 Å². The minimum atomic E-state index is -0.852. The molecule has 1 saturated carbocycles. The molecule has 0 atom stereocenters. The second kappa shape index (κ2) is 10.8. The molecule has 28 heavy (non-hydrogen) atoms. The van der Waals surface area contributed by atoms with Gasteiger partial charge in [-0.15, -0.1) is 0 Å². The van der Waals surface area contributed by atoms with Crippen LogP contribution in [0.4, 0.5) is 5.69 Å². The molecule has 6 nitrogen and oxygen atoms in total. The van der Waals surface area contributed by atoms with E-state index in [2.05, 4.69) is 12.2 Å². The lowest BCUT2D eigenvalue weighted by molar-refractivity contribution is -0.142. The van der Waals surface area contributed by atoms with Crippen molar-refractivity contribution in [3.05, 3.63) is 36.8 Å². The molecule has 0 aromatic heterocycles. The van der Waals surface area contributed by atoms with Gasteiger partial charge in [-0.25, -0.2) is 0 Å². The van der Waals surface area contributed by atoms with Crippen LogP contribution in [0, 0.1) is 12.3 Å². The Kier molecular flexibility index (Phi) is 8.48. The maximum absolute atomic E-state index is 12.3. The number of carbonyl (C=O) groups is 3. The van der Waals surface area contributed by atoms with Gasteiger partial charge in [-0.1, -0.05) is 37.5 Å². The van der Waals surface area contributed by atoms with Crippen LogP contribution in [0.25, 0.3) is 0 Å². The molecule has 1 aromatic carbocycles. The molecule has 0 heterocycles. The smallest absolute Gasteiger partial charge is 0.325 e. The summed E-state index contributed by atoms with van der Waals surface area (Å²) in [4.78, 5) is 35.4. The van der Waals surface area contributed by atoms with Gasteiger partial charge in [-0.3, -0.25) is 14.4 Å². The summed E-state index contributed by atoms with van der Waals surface area (Å²) in [6.45, 7) is 3.90. The maximum atomic E-state index is 12.3. The Bertz CT molecular complexity index is 679. The first kappa shape index (κ1) is 21.9. The molecule has 0 amide bonds. The summed E-state index contributed by atoms with van der Waals surface area (Å²) in [5, 5.41) is 12.2. The summed E-state index contributed by atoms with van der Waals surface area (Å²) >= 11 is 0. The fourth-order valence-corrected chi connectivity index (χ4v) is 3.95. The molecular formula is C22H30NO5. The van der Waals surface area contributed by atoms with Crippen molar-refractivity contribution in [1.29, 1.82) is 0 Å². The number of carboxylic acid groups (broad SMARTS) is 1. The third kappa shape index (κ3) is 6.98. The van der Waals surface area contributed by atoms with Gasteiger partial charge in [0.1, 0.15) is 12.3 Å². The highest BCUT2D eigenvalue weighted by Gasteiger charge is 2.36. The molecule has 153 valence electrons. The van der Waals surface area contributed by atoms with Gasteiger partial charge in [0, 0.05) is 18.5 Å². The van der Waals surface area contributed by atoms with Crippen molar-refractivity contribution >= 4 is 23.4 Å². The number of ketones is 1. The van der Waals surface area contributed by atoms with Crippen LogP contribution < -0.4 is 5.32 Å². The second-order valence-corrected chi connectivity index (χ2v) is 7.58. The van der Waals surface area contributed by atoms with Crippen molar-refractivity contribution < 1.29 is 24.2 Å². The molecule has 2 N–H and O–H groups in total. The van der Waals surface area contributed by atoms with Crippen LogP contribution in [-0.4, -0.2) is 36.0 Å². The first-order chi connectivity index (χ1) is 13.4. The molecule has 0 unspecified atom stereocenters. The molecule has 1 radical (unpaired) electrons. The standard InChI is InChI=1S/C22H30NO5/c1-2-17-8-4-5-9-19(17)23-16-21(27)28-13-10-18(24)14-22(15-20(25)26)11-6-3-7-12-22/h4-5,8-9,23H,1-3,6-7,10-16H2,(H,25,26). The first-order valence-electron chi connectivity index (χ1n) is 9.94. The monoisotopic (exact) mass is 388 g/mol. The number of Topliss-reactive ketones (excluding diaryl/α,β-unsaturated/α-hetero) is 1. The third-order valence-electron chi connectivity index (χ3n) is 5.37. The third-order valence-corrected chi connectivity index (χ3v) is 5.37. The Morgan fingerprint density at radius 2 is 1.82 bits per heavy atom. The average molecular weight is 388 g/mol. The van der Waals surface area contributed by atoms with E-state index in [1.807, 2.05) is 24.3 Å². The highest BCUT2D eigenvalue weighted by molar-refractivity contribution is 5.81. The zero-order valence-electron chi connectivity index (χ0n) is 16.4. The Morgan fingerprint density at radius 1 is 1.11 bits per heavy atom. The quantitative estimate of drug-likeness (QED) is 0.560. The molecule has 1 aliphatic rings. The summed E-state index contributed by atoms with van der Waals surface area (Å²) in [6.07, 6.45) is 5.62. The largest absolute Gasteiger partial charge is 0.481 e. The second-order valence-electron chi connectivity index (χ2n) is 7.58. The van der Waals surface area contributed by atoms with Crippen LogP contribution in [0.2, 0.25) is 0 Å². The van der Waals surface area contributed by atoms with E-state index in [9.17, 15) is 19.5 Å². The zero-order valence-corrected chi connectivity index (χ0v) is 16.4. The van der Waals surface area contributed by atoms with Crippen molar-refractivity contribution in [3.8, 4) is 0 Å². The lowest BCUT2D eigenvalue weighted by atomic mass is 9.68. The van der Waals surface area contributed by atoms with E-state index in [4.69, 9.17) is 4.74 Å². The fourth-order valence-electron chi connectivity index (χ4n) is 3.95. The summed E-state index contributed by atoms with van der Waals surface area (Å²) in [7, 11) is 0. The SMILES string of the molecule is [CH2]Cc1ccccc1NCC(=O)OCCC(=O)CC1(CC(=O)O)CCCCC1. The van der Waals surface area contributed by atoms with Crippen LogP contribution in [0.1, 0.15) is 56.9 Å². The Morgan fingerprint density at radius 3 is 2.50 bits per heavy atom. The molecule has 0 aliphatic heterocycles. The molecule has 6 heteroatoms. The molecule has 1 aromatic rings. The van der Waals surface area contributed by atoms with Crippen LogP contribution in [0.3, 0.4) is 0 Å². The topological polar surface area (TPSA) is 92.7 Å². The lowest BCUT2D eigenvalue weighted by Gasteiger charge is -2.35. The average Bonchev–Trinajstić information content (AvgIpc) is 2.66. The molecule has 0 spiro atoms. The number of hydrogen-bond acceptors (Lipinski definition) is 5. The van der Waals surface area contributed by atoms with Gasteiger partial charge in [0.15, 0.2) is 0 Å². The molecule has 1 fully saturated rings.